The molecule has 1 aliphatic carbocycles. The minimum absolute atomic E-state index is 0.336. The Bertz CT molecular complexity index is 796. The molecular weight excluding hydrogens is 342 g/mol. The van der Waals surface area contributed by atoms with Crippen LogP contribution in [0, 0.1) is 0 Å². The first-order chi connectivity index (χ1) is 11.9. The second-order valence-corrected chi connectivity index (χ2v) is 6.85. The van der Waals surface area contributed by atoms with Crippen molar-refractivity contribution in [1.82, 2.24) is 14.7 Å². The Morgan fingerprint density at radius 1 is 1.28 bits per heavy atom. The van der Waals surface area contributed by atoms with Gasteiger partial charge in [-0.3, -0.25) is 4.79 Å². The fourth-order valence-corrected chi connectivity index (χ4v) is 3.60. The molecule has 0 atom stereocenters. The molecule has 1 N–H and O–H groups in total. The summed E-state index contributed by atoms with van der Waals surface area (Å²) < 4.78 is 1.56. The number of nitrogens with zero attached hydrogens (tertiary/aromatic N) is 3. The summed E-state index contributed by atoms with van der Waals surface area (Å²) in [6.07, 6.45) is 6.64. The van der Waals surface area contributed by atoms with Crippen LogP contribution < -0.4 is 0 Å². The van der Waals surface area contributed by atoms with Crippen LogP contribution in [0.15, 0.2) is 36.7 Å². The van der Waals surface area contributed by atoms with E-state index in [4.69, 9.17) is 11.6 Å². The Kier molecular flexibility index (Phi) is 4.81. The average Bonchev–Trinajstić information content (AvgIpc) is 3.11. The van der Waals surface area contributed by atoms with Crippen molar-refractivity contribution in [3.63, 3.8) is 0 Å². The van der Waals surface area contributed by atoms with E-state index in [0.29, 0.717) is 23.4 Å². The van der Waals surface area contributed by atoms with Crippen LogP contribution in [0.1, 0.15) is 42.5 Å². The molecule has 2 aromatic rings. The van der Waals surface area contributed by atoms with Gasteiger partial charge in [0.05, 0.1) is 17.4 Å². The first-order valence-electron chi connectivity index (χ1n) is 8.26. The van der Waals surface area contributed by atoms with Gasteiger partial charge in [-0.05, 0) is 31.0 Å². The number of aliphatic carboxylic acids is 1. The highest BCUT2D eigenvalue weighted by Crippen LogP contribution is 2.34. The number of hydrogen-bond donors (Lipinski definition) is 1. The Hall–Kier alpha value is -2.34. The van der Waals surface area contributed by atoms with Crippen LogP contribution in [-0.2, 0) is 4.79 Å². The van der Waals surface area contributed by atoms with Crippen molar-refractivity contribution in [1.29, 1.82) is 0 Å². The Labute approximate surface area is 151 Å². The van der Waals surface area contributed by atoms with Gasteiger partial charge >= 0.3 is 5.97 Å². The maximum Gasteiger partial charge on any atom is 0.329 e. The molecule has 0 bridgehead atoms. The normalized spacial score (nSPS) is 16.4. The van der Waals surface area contributed by atoms with E-state index in [1.807, 2.05) is 6.07 Å². The summed E-state index contributed by atoms with van der Waals surface area (Å²) >= 11 is 5.99. The highest BCUT2D eigenvalue weighted by atomic mass is 35.5. The largest absolute Gasteiger partial charge is 0.479 e. The van der Waals surface area contributed by atoms with Crippen LogP contribution >= 0.6 is 11.6 Å². The number of amides is 1. The molecule has 6 nitrogen and oxygen atoms in total. The number of halogens is 1. The van der Waals surface area contributed by atoms with Gasteiger partial charge < -0.3 is 10.0 Å². The van der Waals surface area contributed by atoms with E-state index in [2.05, 4.69) is 5.10 Å². The summed E-state index contributed by atoms with van der Waals surface area (Å²) in [5.41, 5.74) is -0.0403. The van der Waals surface area contributed by atoms with Crippen LogP contribution in [0.5, 0.6) is 0 Å². The minimum Gasteiger partial charge on any atom is -0.479 e. The molecule has 25 heavy (non-hydrogen) atoms. The molecule has 1 aromatic heterocycles. The summed E-state index contributed by atoms with van der Waals surface area (Å²) in [4.78, 5) is 26.1. The molecule has 1 fully saturated rings. The van der Waals surface area contributed by atoms with Crippen molar-refractivity contribution in [3.8, 4) is 5.69 Å². The number of carbonyl (C=O) groups excluding carboxylic acids is 1. The van der Waals surface area contributed by atoms with Crippen LogP contribution in [0.25, 0.3) is 5.69 Å². The van der Waals surface area contributed by atoms with Gasteiger partial charge in [0.1, 0.15) is 5.54 Å². The van der Waals surface area contributed by atoms with E-state index in [-0.39, 0.29) is 5.91 Å². The van der Waals surface area contributed by atoms with Gasteiger partial charge in [-0.2, -0.15) is 5.10 Å². The molecule has 1 amide bonds. The van der Waals surface area contributed by atoms with Gasteiger partial charge in [0.2, 0.25) is 0 Å². The Morgan fingerprint density at radius 2 is 2.00 bits per heavy atom. The second-order valence-electron chi connectivity index (χ2n) is 6.42. The van der Waals surface area contributed by atoms with Gasteiger partial charge in [0.25, 0.3) is 5.91 Å². The van der Waals surface area contributed by atoms with Crippen LogP contribution in [-0.4, -0.2) is 44.3 Å². The lowest BCUT2D eigenvalue weighted by atomic mass is 9.80. The van der Waals surface area contributed by atoms with Crippen molar-refractivity contribution in [2.75, 3.05) is 7.05 Å². The van der Waals surface area contributed by atoms with Crippen LogP contribution in [0.2, 0.25) is 5.02 Å². The van der Waals surface area contributed by atoms with E-state index in [1.165, 1.54) is 11.1 Å². The summed E-state index contributed by atoms with van der Waals surface area (Å²) in [5, 5.41) is 14.5. The van der Waals surface area contributed by atoms with Crippen LogP contribution in [0.4, 0.5) is 0 Å². The zero-order chi connectivity index (χ0) is 18.0. The summed E-state index contributed by atoms with van der Waals surface area (Å²) in [5.74, 6) is -1.28. The summed E-state index contributed by atoms with van der Waals surface area (Å²) in [7, 11) is 1.57. The van der Waals surface area contributed by atoms with Gasteiger partial charge in [-0.25, -0.2) is 9.48 Å². The van der Waals surface area contributed by atoms with Crippen molar-refractivity contribution >= 4 is 23.5 Å². The number of carbonyl (C=O) groups is 2. The summed E-state index contributed by atoms with van der Waals surface area (Å²) in [6, 6.07) is 7.13. The maximum atomic E-state index is 12.8. The lowest BCUT2D eigenvalue weighted by molar-refractivity contribution is -0.151. The van der Waals surface area contributed by atoms with Crippen molar-refractivity contribution in [2.45, 2.75) is 37.6 Å². The topological polar surface area (TPSA) is 75.4 Å². The lowest BCUT2D eigenvalue weighted by Gasteiger charge is -2.40. The SMILES string of the molecule is CN(C(=O)c1cnn(-c2cccc(Cl)c2)c1)C1(C(=O)O)CCCCC1. The van der Waals surface area contributed by atoms with Crippen molar-refractivity contribution < 1.29 is 14.7 Å². The molecule has 1 heterocycles. The highest BCUT2D eigenvalue weighted by Gasteiger charge is 2.45. The first-order valence-corrected chi connectivity index (χ1v) is 8.64. The number of likely N-dealkylation sites (N-methyl/N-ethyl adjacent to an activating group) is 1. The second kappa shape index (κ2) is 6.88. The first kappa shape index (κ1) is 17.5. The van der Waals surface area contributed by atoms with Gasteiger partial charge in [-0.15, -0.1) is 0 Å². The maximum absolute atomic E-state index is 12.8. The third-order valence-electron chi connectivity index (χ3n) is 4.93. The third kappa shape index (κ3) is 3.26. The van der Waals surface area contributed by atoms with Crippen LogP contribution in [0.3, 0.4) is 0 Å². The van der Waals surface area contributed by atoms with Crippen molar-refractivity contribution in [3.05, 3.63) is 47.2 Å². The van der Waals surface area contributed by atoms with E-state index >= 15 is 0 Å². The molecule has 0 radical (unpaired) electrons. The number of carboxylic acid groups (broad SMARTS) is 1. The Morgan fingerprint density at radius 3 is 2.64 bits per heavy atom. The molecule has 132 valence electrons. The molecule has 1 saturated carbocycles. The Balaban J connectivity index is 1.86. The van der Waals surface area contributed by atoms with Crippen molar-refractivity contribution in [2.24, 2.45) is 0 Å². The quantitative estimate of drug-likeness (QED) is 0.905. The number of hydrogen-bond acceptors (Lipinski definition) is 3. The van der Waals surface area contributed by atoms with E-state index in [1.54, 1.807) is 36.1 Å². The zero-order valence-electron chi connectivity index (χ0n) is 14.0. The molecule has 7 heteroatoms. The lowest BCUT2D eigenvalue weighted by Crippen LogP contribution is -2.56. The fraction of sp³-hybridized carbons (Fsp3) is 0.389. The fourth-order valence-electron chi connectivity index (χ4n) is 3.41. The molecule has 3 rings (SSSR count). The van der Waals surface area contributed by atoms with E-state index in [0.717, 1.165) is 24.9 Å². The third-order valence-corrected chi connectivity index (χ3v) is 5.16. The number of rotatable bonds is 4. The van der Waals surface area contributed by atoms with E-state index in [9.17, 15) is 14.7 Å². The summed E-state index contributed by atoms with van der Waals surface area (Å²) in [6.45, 7) is 0. The molecule has 1 aromatic carbocycles. The predicted molar refractivity (Wildman–Crippen MR) is 94.1 cm³/mol. The number of benzene rings is 1. The van der Waals surface area contributed by atoms with Gasteiger partial charge in [-0.1, -0.05) is 36.9 Å². The van der Waals surface area contributed by atoms with E-state index < -0.39 is 11.5 Å². The highest BCUT2D eigenvalue weighted by molar-refractivity contribution is 6.30. The predicted octanol–water partition coefficient (Wildman–Crippen LogP) is 3.39. The molecule has 0 saturated heterocycles. The molecule has 0 aliphatic heterocycles. The molecule has 0 spiro atoms. The molecule has 0 unspecified atom stereocenters. The minimum atomic E-state index is -1.13. The average molecular weight is 362 g/mol. The number of aromatic nitrogens is 2. The monoisotopic (exact) mass is 361 g/mol. The zero-order valence-corrected chi connectivity index (χ0v) is 14.7. The molecule has 1 aliphatic rings. The standard InChI is InChI=1S/C18H20ClN3O3/c1-21(18(17(24)25)8-3-2-4-9-18)16(23)13-11-20-22(12-13)15-7-5-6-14(19)10-15/h5-7,10-12H,2-4,8-9H2,1H3,(H,24,25). The molecular formula is C18H20ClN3O3. The smallest absolute Gasteiger partial charge is 0.329 e. The number of carboxylic acids is 1. The van der Waals surface area contributed by atoms with Gasteiger partial charge in [0.15, 0.2) is 0 Å². The van der Waals surface area contributed by atoms with Gasteiger partial charge in [0, 0.05) is 18.3 Å².